The molecule has 0 saturated heterocycles. The van der Waals surface area contributed by atoms with Crippen molar-refractivity contribution in [3.63, 3.8) is 0 Å². The normalized spacial score (nSPS) is 13.7. The average molecular weight is 1730 g/mol. The van der Waals surface area contributed by atoms with Gasteiger partial charge in [0.2, 0.25) is 0 Å². The predicted molar refractivity (Wildman–Crippen MR) is 438 cm³/mol. The Morgan fingerprint density at radius 3 is 0.929 bits per heavy atom. The standard InChI is InChI=1S/C22H24ClNO4.2C15H19ClO3.C9H9ClO3.C8H7ClO4.C8H9NO2.C6H12O.BrH.Li.H2O/c1-14-19(23)12-16(13-20(14)28-18-6-4-3-5-7-18)21(25)24-17-10-8-15(9-11-17)22(26)27-2;2*1-10-13(16)8-11(15(17)18-2)9-14(10)19-12-6-4-3-5-7-12;1-5-7(10)3-6(4-8(5)11)9(12)13-2;1-13-8(12)4-2-5(9)7(11)6(10)3-4;1-11-8(10)6-2-4-7(9)5-3-6;7-6-4-2-1-3-5-6;;;/h8-13,18H,3-7H2,1-2H3,(H,24,25);2*8-9,12H,3-7H2,1-2H3;3-4,11H,1-2H3;2-3,10-11H,1H3;2-5H,9H2,1H3;6-7H,1-5H2;1H;;1H2/q;;;;;;;;+1;/p-1. The van der Waals surface area contributed by atoms with E-state index >= 15 is 0 Å². The molecule has 0 unspecified atom stereocenters. The number of halogens is 6. The van der Waals surface area contributed by atoms with Crippen molar-refractivity contribution in [2.24, 2.45) is 0 Å². The Morgan fingerprint density at radius 2 is 0.628 bits per heavy atom. The Bertz CT molecular complexity index is 4010. The van der Waals surface area contributed by atoms with Gasteiger partial charge in [-0.25, -0.2) is 28.8 Å². The summed E-state index contributed by atoms with van der Waals surface area (Å²) >= 11 is 29.9. The van der Waals surface area contributed by atoms with Crippen LogP contribution in [0.4, 0.5) is 11.4 Å². The fourth-order valence-corrected chi connectivity index (χ4v) is 12.6. The third-order valence-electron chi connectivity index (χ3n) is 18.2. The van der Waals surface area contributed by atoms with E-state index in [0.29, 0.717) is 82.1 Å². The van der Waals surface area contributed by atoms with Crippen molar-refractivity contribution in [3.8, 4) is 34.5 Å². The van der Waals surface area contributed by atoms with Crippen LogP contribution < -0.4 is 44.1 Å². The number of ether oxygens (including phenoxy) is 9. The number of anilines is 2. The second-order valence-corrected chi connectivity index (χ2v) is 28.2. The van der Waals surface area contributed by atoms with Gasteiger partial charge in [0.15, 0.2) is 11.5 Å². The fourth-order valence-electron chi connectivity index (χ4n) is 11.6. The summed E-state index contributed by atoms with van der Waals surface area (Å²) in [6, 6.07) is 28.2. The van der Waals surface area contributed by atoms with E-state index in [1.54, 1.807) is 91.9 Å². The van der Waals surface area contributed by atoms with Crippen LogP contribution in [0.2, 0.25) is 25.1 Å². The maximum Gasteiger partial charge on any atom is 1.00 e. The number of phenolic OH excluding ortho intramolecular Hbond substituents is 3. The number of nitrogens with two attached hydrogens (primary N) is 1. The molecule has 0 aromatic heterocycles. The molecule has 11 rings (SSSR count). The first kappa shape index (κ1) is 101. The number of amides is 1. The monoisotopic (exact) mass is 1720 g/mol. The topological polar surface area (TPSA) is 352 Å². The van der Waals surface area contributed by atoms with Gasteiger partial charge >= 0.3 is 54.7 Å². The van der Waals surface area contributed by atoms with Crippen molar-refractivity contribution in [1.82, 2.24) is 0 Å². The minimum absolute atomic E-state index is 0. The molecule has 4 saturated carbocycles. The van der Waals surface area contributed by atoms with E-state index in [9.17, 15) is 38.7 Å². The van der Waals surface area contributed by atoms with Gasteiger partial charge in [-0.15, -0.1) is 17.0 Å². The van der Waals surface area contributed by atoms with Crippen LogP contribution in [0.3, 0.4) is 0 Å². The third-order valence-corrected chi connectivity index (χ3v) is 20.1. The van der Waals surface area contributed by atoms with Crippen molar-refractivity contribution >= 4 is 128 Å². The minimum Gasteiger partial charge on any atom is -0.870 e. The number of phenols is 3. The minimum atomic E-state index is -0.628. The zero-order valence-corrected chi connectivity index (χ0v) is 71.0. The molecule has 7 aromatic carbocycles. The van der Waals surface area contributed by atoms with Gasteiger partial charge in [0.1, 0.15) is 23.0 Å². The van der Waals surface area contributed by atoms with Gasteiger partial charge in [-0.2, -0.15) is 0 Å². The van der Waals surface area contributed by atoms with Crippen LogP contribution in [0, 0.1) is 27.7 Å². The number of carbonyl (C=O) groups is 7. The second kappa shape index (κ2) is 52.4. The largest absolute Gasteiger partial charge is 1.00 e. The Morgan fingerprint density at radius 1 is 0.363 bits per heavy atom. The number of carbonyl (C=O) groups excluding carboxylic acids is 7. The van der Waals surface area contributed by atoms with E-state index in [4.69, 9.17) is 103 Å². The maximum atomic E-state index is 12.7. The number of nitrogen functional groups attached to an aromatic ring is 1. The van der Waals surface area contributed by atoms with E-state index in [-0.39, 0.29) is 99.5 Å². The van der Waals surface area contributed by atoms with Crippen molar-refractivity contribution in [1.29, 1.82) is 0 Å². The number of rotatable bonds is 14. The van der Waals surface area contributed by atoms with Gasteiger partial charge in [-0.05, 0) is 227 Å². The van der Waals surface area contributed by atoms with E-state index < -0.39 is 41.3 Å². The second-order valence-electron chi connectivity index (χ2n) is 26.2. The van der Waals surface area contributed by atoms with Crippen molar-refractivity contribution in [2.75, 3.05) is 53.7 Å². The van der Waals surface area contributed by atoms with Crippen LogP contribution >= 0.6 is 75.0 Å². The molecule has 0 aliphatic heterocycles. The number of aliphatic hydroxyl groups excluding tert-OH is 1. The van der Waals surface area contributed by atoms with Crippen LogP contribution in [-0.2, 0) is 28.4 Å². The third kappa shape index (κ3) is 33.3. The Kier molecular flexibility index (Phi) is 46.8. The summed E-state index contributed by atoms with van der Waals surface area (Å²) in [6.45, 7) is 7.37. The number of aliphatic hydroxyl groups is 1. The number of hydrogen-bond acceptors (Lipinski definition) is 22. The van der Waals surface area contributed by atoms with Crippen molar-refractivity contribution in [2.45, 2.75) is 181 Å². The molecular weight excluding hydrogens is 1630 g/mol. The van der Waals surface area contributed by atoms with Gasteiger partial charge in [-0.3, -0.25) is 4.79 Å². The first-order valence-corrected chi connectivity index (χ1v) is 37.9. The van der Waals surface area contributed by atoms with Gasteiger partial charge in [0, 0.05) is 59.3 Å². The smallest absolute Gasteiger partial charge is 0.870 e. The molecule has 0 bridgehead atoms. The van der Waals surface area contributed by atoms with E-state index in [1.807, 2.05) is 20.8 Å². The molecule has 23 nitrogen and oxygen atoms in total. The summed E-state index contributed by atoms with van der Waals surface area (Å²) in [5, 5.41) is 41.0. The molecular formula is C83H101BrCl5LiN2O21. The van der Waals surface area contributed by atoms with Gasteiger partial charge in [0.25, 0.3) is 5.91 Å². The summed E-state index contributed by atoms with van der Waals surface area (Å²) in [5.74, 6) is -1.85. The number of esters is 6. The molecule has 4 aliphatic carbocycles. The predicted octanol–water partition coefficient (Wildman–Crippen LogP) is 17.1. The summed E-state index contributed by atoms with van der Waals surface area (Å²) < 4.78 is 45.7. The summed E-state index contributed by atoms with van der Waals surface area (Å²) in [6.07, 6.45) is 23.8. The zero-order valence-electron chi connectivity index (χ0n) is 65.5. The van der Waals surface area contributed by atoms with E-state index in [2.05, 4.69) is 24.3 Å². The summed E-state index contributed by atoms with van der Waals surface area (Å²) in [5.41, 5.74) is 12.3. The average Bonchev–Trinajstić information content (AvgIpc) is 0.865. The SMILES string of the molecule is Br.COC(=O)c1cc(Cl)c(C)c(OC2CCCCC2)c1.COC(=O)c1cc(Cl)c(C)c(OC2CCCCC2)c1.COC(=O)c1cc(O)c(C)c(Cl)c1.COC(=O)c1cc(O)c(O)c(Cl)c1.COC(=O)c1ccc(N)cc1.COC(=O)c1ccc(NC(=O)c2cc(Cl)c(C)c(OC3CCCCC3)c2)cc1.OC1CCCCC1.[Li+].[OH-]. The molecule has 30 heteroatoms. The van der Waals surface area contributed by atoms with E-state index in [1.165, 1.54) is 138 Å². The number of aromatic hydroxyl groups is 3. The quantitative estimate of drug-likeness (QED) is 0.0194. The zero-order chi connectivity index (χ0) is 81.1. The first-order valence-electron chi connectivity index (χ1n) is 36.0. The Hall–Kier alpha value is -8.12. The molecule has 0 spiro atoms. The van der Waals surface area contributed by atoms with Crippen LogP contribution in [0.15, 0.2) is 109 Å². The first-order chi connectivity index (χ1) is 52.4. The van der Waals surface area contributed by atoms with Crippen LogP contribution in [-0.4, -0.2) is 135 Å². The molecule has 0 radical (unpaired) electrons. The molecule has 4 fully saturated rings. The number of hydrogen-bond donors (Lipinski definition) is 6. The van der Waals surface area contributed by atoms with Crippen LogP contribution in [0.1, 0.15) is 223 Å². The summed E-state index contributed by atoms with van der Waals surface area (Å²) in [7, 11) is 7.87. The molecule has 1 amide bonds. The maximum absolute atomic E-state index is 12.7. The van der Waals surface area contributed by atoms with E-state index in [0.717, 1.165) is 74.1 Å². The van der Waals surface area contributed by atoms with Gasteiger partial charge in [-0.1, -0.05) is 96.5 Å². The van der Waals surface area contributed by atoms with Gasteiger partial charge < -0.3 is 79.6 Å². The Labute approximate surface area is 708 Å². The molecule has 8 N–H and O–H groups in total. The van der Waals surface area contributed by atoms with Gasteiger partial charge in [0.05, 0.1) is 105 Å². The number of benzene rings is 7. The molecule has 7 aromatic rings. The number of methoxy groups -OCH3 is 6. The Balaban J connectivity index is 0.000000461. The van der Waals surface area contributed by atoms with Crippen LogP contribution in [0.5, 0.6) is 34.5 Å². The molecule has 113 heavy (non-hydrogen) atoms. The summed E-state index contributed by atoms with van der Waals surface area (Å²) in [4.78, 5) is 80.2. The fraction of sp³-hybridized carbons (Fsp3) is 0.410. The molecule has 0 heterocycles. The van der Waals surface area contributed by atoms with Crippen molar-refractivity contribution in [3.05, 3.63) is 196 Å². The van der Waals surface area contributed by atoms with Crippen LogP contribution in [0.25, 0.3) is 0 Å². The molecule has 0 atom stereocenters. The molecule has 4 aliphatic rings. The number of nitrogens with one attached hydrogen (secondary N) is 1. The molecule has 612 valence electrons. The van der Waals surface area contributed by atoms with Crippen molar-refractivity contribution < 1.29 is 121 Å².